The van der Waals surface area contributed by atoms with Gasteiger partial charge in [0.25, 0.3) is 5.91 Å². The van der Waals surface area contributed by atoms with E-state index in [0.29, 0.717) is 6.04 Å². The molecule has 3 heteroatoms. The predicted molar refractivity (Wildman–Crippen MR) is 68.5 cm³/mol. The van der Waals surface area contributed by atoms with E-state index >= 15 is 0 Å². The topological polar surface area (TPSA) is 20.3 Å². The van der Waals surface area contributed by atoms with Gasteiger partial charge in [0.1, 0.15) is 0 Å². The Labute approximate surface area is 105 Å². The molecule has 1 amide bonds. The fourth-order valence-corrected chi connectivity index (χ4v) is 2.26. The van der Waals surface area contributed by atoms with Crippen molar-refractivity contribution < 1.29 is 4.79 Å². The fraction of sp³-hybridized carbons (Fsp3) is 0.462. The second-order valence-corrected chi connectivity index (χ2v) is 5.16. The molecular weight excluding hydrogens is 266 g/mol. The van der Waals surface area contributed by atoms with Gasteiger partial charge >= 0.3 is 0 Å². The van der Waals surface area contributed by atoms with Crippen LogP contribution in [-0.4, -0.2) is 23.4 Å². The first-order valence-electron chi connectivity index (χ1n) is 5.79. The minimum atomic E-state index is 0.172. The molecule has 1 aliphatic rings. The van der Waals surface area contributed by atoms with Crippen LogP contribution in [-0.2, 0) is 0 Å². The van der Waals surface area contributed by atoms with Crippen LogP contribution in [0.5, 0.6) is 0 Å². The van der Waals surface area contributed by atoms with Gasteiger partial charge in [-0.3, -0.25) is 4.79 Å². The van der Waals surface area contributed by atoms with Crippen LogP contribution in [0.3, 0.4) is 0 Å². The molecular formula is C13H16BrNO. The fourth-order valence-electron chi connectivity index (χ4n) is 1.86. The zero-order valence-corrected chi connectivity index (χ0v) is 11.0. The van der Waals surface area contributed by atoms with Crippen LogP contribution in [0, 0.1) is 0 Å². The third-order valence-electron chi connectivity index (χ3n) is 2.78. The van der Waals surface area contributed by atoms with Crippen molar-refractivity contribution in [1.82, 2.24) is 4.90 Å². The Morgan fingerprint density at radius 1 is 1.50 bits per heavy atom. The number of rotatable bonds is 4. The van der Waals surface area contributed by atoms with E-state index in [1.54, 1.807) is 0 Å². The van der Waals surface area contributed by atoms with Crippen molar-refractivity contribution in [1.29, 1.82) is 0 Å². The van der Waals surface area contributed by atoms with Crippen molar-refractivity contribution in [2.45, 2.75) is 32.2 Å². The molecule has 0 heterocycles. The van der Waals surface area contributed by atoms with Crippen LogP contribution in [0.2, 0.25) is 0 Å². The van der Waals surface area contributed by atoms with Gasteiger partial charge in [-0.1, -0.05) is 28.9 Å². The summed E-state index contributed by atoms with van der Waals surface area (Å²) >= 11 is 3.40. The predicted octanol–water partition coefficient (Wildman–Crippen LogP) is 3.46. The molecule has 86 valence electrons. The molecule has 0 unspecified atom stereocenters. The Morgan fingerprint density at radius 2 is 2.25 bits per heavy atom. The van der Waals surface area contributed by atoms with Crippen LogP contribution in [0.15, 0.2) is 28.7 Å². The number of nitrogens with zero attached hydrogens (tertiary/aromatic N) is 1. The lowest BCUT2D eigenvalue weighted by atomic mass is 10.2. The third-order valence-corrected chi connectivity index (χ3v) is 3.28. The van der Waals surface area contributed by atoms with E-state index < -0.39 is 0 Å². The highest BCUT2D eigenvalue weighted by Crippen LogP contribution is 2.28. The van der Waals surface area contributed by atoms with Gasteiger partial charge in [0, 0.05) is 22.6 Å². The van der Waals surface area contributed by atoms with E-state index in [1.165, 1.54) is 12.8 Å². The largest absolute Gasteiger partial charge is 0.336 e. The molecule has 0 aliphatic heterocycles. The molecule has 1 aliphatic carbocycles. The van der Waals surface area contributed by atoms with Crippen LogP contribution >= 0.6 is 15.9 Å². The molecule has 0 saturated heterocycles. The molecule has 2 nitrogen and oxygen atoms in total. The van der Waals surface area contributed by atoms with Gasteiger partial charge in [0.2, 0.25) is 0 Å². The van der Waals surface area contributed by atoms with Gasteiger partial charge in [-0.15, -0.1) is 0 Å². The average molecular weight is 282 g/mol. The molecule has 0 N–H and O–H groups in total. The highest BCUT2D eigenvalue weighted by Gasteiger charge is 2.32. The normalized spacial score (nSPS) is 14.9. The van der Waals surface area contributed by atoms with Gasteiger partial charge in [0.15, 0.2) is 0 Å². The van der Waals surface area contributed by atoms with Crippen molar-refractivity contribution in [3.05, 3.63) is 34.3 Å². The number of halogens is 1. The summed E-state index contributed by atoms with van der Waals surface area (Å²) in [6, 6.07) is 8.13. The van der Waals surface area contributed by atoms with Crippen molar-refractivity contribution in [3.8, 4) is 0 Å². The quantitative estimate of drug-likeness (QED) is 0.828. The van der Waals surface area contributed by atoms with Crippen molar-refractivity contribution in [2.75, 3.05) is 6.54 Å². The summed E-state index contributed by atoms with van der Waals surface area (Å²) in [6.45, 7) is 2.99. The third kappa shape index (κ3) is 2.64. The number of hydrogen-bond acceptors (Lipinski definition) is 1. The molecule has 16 heavy (non-hydrogen) atoms. The lowest BCUT2D eigenvalue weighted by molar-refractivity contribution is 0.0743. The SMILES string of the molecule is CCCN(C(=O)c1cccc(Br)c1)C1CC1. The lowest BCUT2D eigenvalue weighted by Gasteiger charge is -2.21. The Balaban J connectivity index is 2.15. The molecule has 1 saturated carbocycles. The zero-order chi connectivity index (χ0) is 11.5. The summed E-state index contributed by atoms with van der Waals surface area (Å²) in [7, 11) is 0. The van der Waals surface area contributed by atoms with Crippen molar-refractivity contribution >= 4 is 21.8 Å². The van der Waals surface area contributed by atoms with Crippen molar-refractivity contribution in [2.24, 2.45) is 0 Å². The van der Waals surface area contributed by atoms with E-state index in [4.69, 9.17) is 0 Å². The number of carbonyl (C=O) groups is 1. The highest BCUT2D eigenvalue weighted by atomic mass is 79.9. The molecule has 2 rings (SSSR count). The minimum absolute atomic E-state index is 0.172. The summed E-state index contributed by atoms with van der Waals surface area (Å²) in [5.74, 6) is 0.172. The van der Waals surface area contributed by atoms with E-state index in [1.807, 2.05) is 29.2 Å². The smallest absolute Gasteiger partial charge is 0.254 e. The second-order valence-electron chi connectivity index (χ2n) is 4.24. The van der Waals surface area contributed by atoms with Crippen LogP contribution in [0.25, 0.3) is 0 Å². The summed E-state index contributed by atoms with van der Waals surface area (Å²) in [5, 5.41) is 0. The molecule has 0 bridgehead atoms. The molecule has 0 atom stereocenters. The highest BCUT2D eigenvalue weighted by molar-refractivity contribution is 9.10. The maximum absolute atomic E-state index is 12.3. The maximum Gasteiger partial charge on any atom is 0.254 e. The van der Waals surface area contributed by atoms with Gasteiger partial charge in [-0.25, -0.2) is 0 Å². The van der Waals surface area contributed by atoms with Crippen LogP contribution in [0.1, 0.15) is 36.5 Å². The summed E-state index contributed by atoms with van der Waals surface area (Å²) in [4.78, 5) is 14.3. The second kappa shape index (κ2) is 5.00. The van der Waals surface area contributed by atoms with Gasteiger partial charge < -0.3 is 4.90 Å². The molecule has 1 aromatic carbocycles. The first kappa shape index (κ1) is 11.6. The number of amides is 1. The van der Waals surface area contributed by atoms with E-state index in [9.17, 15) is 4.79 Å². The zero-order valence-electron chi connectivity index (χ0n) is 9.45. The standard InChI is InChI=1S/C13H16BrNO/c1-2-8-15(12-6-7-12)13(16)10-4-3-5-11(14)9-10/h3-5,9,12H,2,6-8H2,1H3. The van der Waals surface area contributed by atoms with Crippen LogP contribution in [0.4, 0.5) is 0 Å². The summed E-state index contributed by atoms with van der Waals surface area (Å²) < 4.78 is 0.964. The first-order chi connectivity index (χ1) is 7.72. The number of carbonyl (C=O) groups excluding carboxylic acids is 1. The maximum atomic E-state index is 12.3. The molecule has 0 spiro atoms. The Hall–Kier alpha value is -0.830. The first-order valence-corrected chi connectivity index (χ1v) is 6.58. The van der Waals surface area contributed by atoms with E-state index in [-0.39, 0.29) is 5.91 Å². The van der Waals surface area contributed by atoms with E-state index in [2.05, 4.69) is 22.9 Å². The summed E-state index contributed by atoms with van der Waals surface area (Å²) in [6.07, 6.45) is 3.36. The summed E-state index contributed by atoms with van der Waals surface area (Å²) in [5.41, 5.74) is 0.787. The molecule has 1 fully saturated rings. The molecule has 0 aromatic heterocycles. The number of hydrogen-bond donors (Lipinski definition) is 0. The van der Waals surface area contributed by atoms with Gasteiger partial charge in [-0.05, 0) is 37.5 Å². The van der Waals surface area contributed by atoms with Gasteiger partial charge in [-0.2, -0.15) is 0 Å². The lowest BCUT2D eigenvalue weighted by Crippen LogP contribution is -2.33. The van der Waals surface area contributed by atoms with Crippen molar-refractivity contribution in [3.63, 3.8) is 0 Å². The van der Waals surface area contributed by atoms with E-state index in [0.717, 1.165) is 23.0 Å². The molecule has 0 radical (unpaired) electrons. The Bertz CT molecular complexity index is 387. The average Bonchev–Trinajstić information content (AvgIpc) is 3.09. The molecule has 1 aromatic rings. The number of benzene rings is 1. The minimum Gasteiger partial charge on any atom is -0.336 e. The monoisotopic (exact) mass is 281 g/mol. The van der Waals surface area contributed by atoms with Crippen LogP contribution < -0.4 is 0 Å². The Kier molecular flexibility index (Phi) is 3.64. The van der Waals surface area contributed by atoms with Gasteiger partial charge in [0.05, 0.1) is 0 Å². The Morgan fingerprint density at radius 3 is 2.81 bits per heavy atom.